The average Bonchev–Trinajstić information content (AvgIpc) is 1.67. The lowest BCUT2D eigenvalue weighted by Gasteiger charge is -2.46. The second-order valence-electron chi connectivity index (χ2n) is 39.6. The highest BCUT2D eigenvalue weighted by Crippen LogP contribution is 2.43. The number of rotatable bonds is 11. The summed E-state index contributed by atoms with van der Waals surface area (Å²) >= 11 is 50.1. The van der Waals surface area contributed by atoms with Crippen LogP contribution in [0.25, 0.3) is 21.5 Å². The lowest BCUT2D eigenvalue weighted by molar-refractivity contribution is 0.0326. The van der Waals surface area contributed by atoms with Gasteiger partial charge in [0.05, 0.1) is 82.5 Å². The molecule has 0 saturated carbocycles. The Morgan fingerprint density at radius 1 is 0.390 bits per heavy atom. The van der Waals surface area contributed by atoms with E-state index >= 15 is 0 Å². The van der Waals surface area contributed by atoms with E-state index in [-0.39, 0.29) is 72.9 Å². The van der Waals surface area contributed by atoms with Gasteiger partial charge >= 0.3 is 0 Å². The number of amides is 5. The van der Waals surface area contributed by atoms with E-state index in [1.807, 2.05) is 127 Å². The maximum atomic E-state index is 13.5. The minimum Gasteiger partial charge on any atom is -0.494 e. The van der Waals surface area contributed by atoms with E-state index in [9.17, 15) is 41.5 Å². The van der Waals surface area contributed by atoms with Crippen molar-refractivity contribution in [2.45, 2.75) is 138 Å². The van der Waals surface area contributed by atoms with Crippen molar-refractivity contribution in [3.63, 3.8) is 0 Å². The van der Waals surface area contributed by atoms with E-state index < -0.39 is 0 Å². The molecule has 13 aromatic rings. The van der Waals surface area contributed by atoms with E-state index in [4.69, 9.17) is 103 Å². The molecule has 23 rings (SSSR count). The molecule has 146 heavy (non-hydrogen) atoms. The number of halogens is 12. The lowest BCUT2D eigenvalue weighted by atomic mass is 9.86. The predicted octanol–water partition coefficient (Wildman–Crippen LogP) is 20.4. The first kappa shape index (κ1) is 104. The zero-order chi connectivity index (χ0) is 102. The lowest BCUT2D eigenvalue weighted by Crippen LogP contribution is -2.57. The van der Waals surface area contributed by atoms with Crippen molar-refractivity contribution in [1.29, 1.82) is 0 Å². The van der Waals surface area contributed by atoms with E-state index in [2.05, 4.69) is 66.9 Å². The molecular formula is C107H112Cl8F4N20O6S. The molecule has 0 aliphatic carbocycles. The summed E-state index contributed by atoms with van der Waals surface area (Å²) in [5, 5.41) is 16.3. The van der Waals surface area contributed by atoms with Crippen LogP contribution in [0.4, 0.5) is 23.4 Å². The second-order valence-corrected chi connectivity index (χ2v) is 43.8. The highest BCUT2D eigenvalue weighted by molar-refractivity contribution is 7.20. The number of thiophene rings is 1. The summed E-state index contributed by atoms with van der Waals surface area (Å²) in [4.78, 5) is 101. The number of nitrogens with zero attached hydrogens (tertiary/aromatic N) is 19. The first-order valence-corrected chi connectivity index (χ1v) is 53.4. The number of benzene rings is 5. The predicted molar refractivity (Wildman–Crippen MR) is 564 cm³/mol. The van der Waals surface area contributed by atoms with Crippen LogP contribution in [0.3, 0.4) is 0 Å². The molecule has 18 heterocycles. The number of carbonyl (C=O) groups excluding carboxylic acids is 5. The molecule has 39 heteroatoms. The number of fused-ring (bicyclic) bond motifs is 8. The van der Waals surface area contributed by atoms with E-state index in [1.165, 1.54) is 72.9 Å². The molecule has 766 valence electrons. The number of piperidine rings is 5. The second kappa shape index (κ2) is 45.6. The number of aromatic nitrogens is 9. The van der Waals surface area contributed by atoms with Crippen LogP contribution in [0.1, 0.15) is 184 Å². The van der Waals surface area contributed by atoms with Gasteiger partial charge in [-0.05, 0) is 233 Å². The zero-order valence-corrected chi connectivity index (χ0v) is 88.0. The molecule has 8 aromatic heterocycles. The van der Waals surface area contributed by atoms with Gasteiger partial charge in [0.1, 0.15) is 50.5 Å². The number of ether oxygens (including phenoxy) is 1. The number of aryl methyl sites for hydroxylation is 3. The third-order valence-electron chi connectivity index (χ3n) is 30.8. The molecule has 5 amide bonds. The maximum Gasteiger partial charge on any atom is 0.264 e. The fourth-order valence-electron chi connectivity index (χ4n) is 22.7. The van der Waals surface area contributed by atoms with Crippen molar-refractivity contribution < 1.29 is 46.3 Å². The van der Waals surface area contributed by atoms with Crippen molar-refractivity contribution in [3.8, 4) is 5.75 Å². The summed E-state index contributed by atoms with van der Waals surface area (Å²) in [7, 11) is 3.45. The number of carbonyl (C=O) groups is 5. The van der Waals surface area contributed by atoms with Gasteiger partial charge in [0, 0.05) is 203 Å². The highest BCUT2D eigenvalue weighted by atomic mass is 35.5. The fraction of sp³-hybridized carbons (Fsp3) is 0.411. The van der Waals surface area contributed by atoms with Gasteiger partial charge in [-0.1, -0.05) is 129 Å². The summed E-state index contributed by atoms with van der Waals surface area (Å²) in [6, 6.07) is 40.9. The van der Waals surface area contributed by atoms with Crippen LogP contribution in [-0.2, 0) is 7.05 Å². The standard InChI is InChI=1S/C22H21Cl2FN4O.C22H23ClFN5O.C22H24ClFN4OS.C21H23Cl2N3O2.C20H21Cl2FN4O/c23-18-9-14(2-5-19(18)25)15-1-4-17-13-28(8-7-27(17)11-15)22(30)16-3-6-21-26-10-20(24)29(21)12-16;1-14-25-26-21-7-4-17(12-29(14)21)22(30)28-9-8-27-11-16(2-5-18(27)13-28)15-3-6-20(24)19(23)10-15;1-13-17-10-20(30-22(17)26(2)25-13)21(29)28-8-7-27-11-15(3-5-16(27)12-28)14-4-6-19(24)18(23)9-14;1-28-19-11-24-10-18(20(19)23)21(27)26-9-8-25-12-15(4-7-17(25)13-26)14-2-5-16(22)6-3-14;21-16-8-19(24)25-9-15(16)20(28)27-6-5-26-10-13(1-3-14(26)11-27)12-2-4-18(23)17(22)7-12/h2-3,5-6,9-10,12,15,17H,1,4,7-8,11,13H2;3-4,6-7,10,12,16,18H,2,5,8-9,11,13H2,1H3;4,6,9-10,15-16H,3,5,7-8,11-12H2,1-2H3;2-3,5-6,10-11,15,17H,4,7-9,12-13H2,1H3;2,4,7-9,13-14H,1,3,5-6,10-11H2,(H2,24,25)/t15-,17+;16-,18+;15-,16+;15-,17+;13-,14+/m00000/s1. The van der Waals surface area contributed by atoms with Crippen LogP contribution in [0.15, 0.2) is 171 Å². The minimum atomic E-state index is -0.387. The fourth-order valence-corrected chi connectivity index (χ4v) is 25.3. The number of pyridine rings is 4. The van der Waals surface area contributed by atoms with Gasteiger partial charge in [-0.15, -0.1) is 21.5 Å². The Labute approximate surface area is 888 Å². The topological polar surface area (TPSA) is 244 Å². The summed E-state index contributed by atoms with van der Waals surface area (Å²) in [6.07, 6.45) is 19.9. The number of hydrogen-bond acceptors (Lipinski definition) is 19. The maximum absolute atomic E-state index is 13.5. The van der Waals surface area contributed by atoms with Gasteiger partial charge in [0.15, 0.2) is 11.4 Å². The molecule has 0 radical (unpaired) electrons. The van der Waals surface area contributed by atoms with Crippen LogP contribution in [0.5, 0.6) is 5.75 Å². The van der Waals surface area contributed by atoms with Crippen molar-refractivity contribution in [3.05, 3.63) is 301 Å². The van der Waals surface area contributed by atoms with E-state index in [0.717, 1.165) is 221 Å². The average molecular weight is 2170 g/mol. The van der Waals surface area contributed by atoms with Crippen molar-refractivity contribution in [1.82, 2.24) is 92.7 Å². The van der Waals surface area contributed by atoms with Crippen molar-refractivity contribution in [2.75, 3.05) is 144 Å². The zero-order valence-electron chi connectivity index (χ0n) is 81.1. The summed E-state index contributed by atoms with van der Waals surface area (Å²) < 4.78 is 64.5. The normalized spacial score (nSPS) is 22.5. The van der Waals surface area contributed by atoms with Gasteiger partial charge in [0.2, 0.25) is 0 Å². The van der Waals surface area contributed by atoms with E-state index in [0.29, 0.717) is 148 Å². The molecule has 10 fully saturated rings. The van der Waals surface area contributed by atoms with Gasteiger partial charge in [-0.25, -0.2) is 27.5 Å². The van der Waals surface area contributed by atoms with Gasteiger partial charge < -0.3 is 35.0 Å². The van der Waals surface area contributed by atoms with Crippen LogP contribution in [-0.4, -0.2) is 290 Å². The first-order valence-electron chi connectivity index (χ1n) is 49.6. The number of methoxy groups -OCH3 is 1. The molecule has 26 nitrogen and oxygen atoms in total. The first-order chi connectivity index (χ1) is 70.4. The molecule has 10 aliphatic heterocycles. The Hall–Kier alpha value is -10.3. The van der Waals surface area contributed by atoms with Crippen LogP contribution in [0.2, 0.25) is 40.3 Å². The Kier molecular flexibility index (Phi) is 32.6. The molecule has 10 aliphatic rings. The molecule has 0 spiro atoms. The molecule has 2 N–H and O–H groups in total. The molecule has 10 atom stereocenters. The van der Waals surface area contributed by atoms with Crippen LogP contribution >= 0.6 is 104 Å². The minimum absolute atomic E-state index is 0.0220. The largest absolute Gasteiger partial charge is 0.494 e. The van der Waals surface area contributed by atoms with Gasteiger partial charge in [-0.2, -0.15) is 5.10 Å². The van der Waals surface area contributed by atoms with Crippen molar-refractivity contribution >= 4 is 161 Å². The highest BCUT2D eigenvalue weighted by Gasteiger charge is 2.43. The molecule has 0 unspecified atom stereocenters. The quantitative estimate of drug-likeness (QED) is 0.118. The Morgan fingerprint density at radius 3 is 1.19 bits per heavy atom. The third kappa shape index (κ3) is 23.2. The monoisotopic (exact) mass is 2160 g/mol. The third-order valence-corrected chi connectivity index (χ3v) is 34.4. The van der Waals surface area contributed by atoms with Crippen LogP contribution < -0.4 is 10.5 Å². The van der Waals surface area contributed by atoms with Crippen molar-refractivity contribution in [2.24, 2.45) is 7.05 Å². The molecular weight excluding hydrogens is 2050 g/mol. The SMILES string of the molecule is COc1cncc(C(=O)N2CCN3C[C@@H](c4ccc(Cl)cc4)CC[C@@H]3C2)c1Cl.Cc1nn(C)c2sc(C(=O)N3CCN4C[C@@H](c5ccc(F)c(Cl)c5)CC[C@@H]4C3)cc12.Cc1nnc2ccc(C(=O)N3CCN4C[C@@H](c5ccc(F)c(Cl)c5)CC[C@@H]4C3)cn12.Nc1cc(Cl)c(C(=O)N2CCN3C[C@@H](c4ccc(F)c(Cl)c4)CC[C@@H]3C2)cn1.O=C(c1ccc2ncc(Cl)n2c1)N1CCN2C[C@@H](c3ccc(F)c(Cl)c3)CC[C@@H]2C1. The number of anilines is 1. The molecule has 10 saturated heterocycles. The Bertz CT molecular complexity index is 6820. The molecule has 0 bridgehead atoms. The number of piperazine rings is 5. The summed E-state index contributed by atoms with van der Waals surface area (Å²) in [5.41, 5.74) is 15.8. The Balaban J connectivity index is 0.000000115. The van der Waals surface area contributed by atoms with Gasteiger partial charge in [-0.3, -0.25) is 66.9 Å². The Morgan fingerprint density at radius 2 is 0.781 bits per heavy atom. The van der Waals surface area contributed by atoms with Crippen LogP contribution in [0, 0.1) is 37.1 Å². The molecule has 5 aromatic carbocycles. The smallest absolute Gasteiger partial charge is 0.264 e. The summed E-state index contributed by atoms with van der Waals surface area (Å²) in [6.45, 7) is 19.8. The number of nitrogens with two attached hydrogens (primary N) is 1. The number of imidazole rings is 1. The number of hydrogen-bond donors (Lipinski definition) is 1. The van der Waals surface area contributed by atoms with E-state index in [1.54, 1.807) is 41.1 Å². The number of nitrogen functional groups attached to an aromatic ring is 1. The van der Waals surface area contributed by atoms with Gasteiger partial charge in [0.25, 0.3) is 29.5 Å². The summed E-state index contributed by atoms with van der Waals surface area (Å²) in [5.74, 6) is 1.90.